The van der Waals surface area contributed by atoms with E-state index in [-0.39, 0.29) is 6.61 Å². The Balaban J connectivity index is 3.78. The van der Waals surface area contributed by atoms with Gasteiger partial charge in [-0.3, -0.25) is 4.79 Å². The topological polar surface area (TPSA) is 89.8 Å². The zero-order valence-corrected chi connectivity index (χ0v) is 22.0. The molecule has 0 saturated heterocycles. The Kier molecular flexibility index (Phi) is 24.0. The van der Waals surface area contributed by atoms with Crippen molar-refractivity contribution in [1.29, 1.82) is 0 Å². The maximum Gasteiger partial charge on any atom is 0.249 e. The lowest BCUT2D eigenvalue weighted by atomic mass is 10.0. The van der Waals surface area contributed by atoms with E-state index < -0.39 is 24.2 Å². The van der Waals surface area contributed by atoms with E-state index in [9.17, 15) is 20.1 Å². The van der Waals surface area contributed by atoms with Gasteiger partial charge >= 0.3 is 0 Å². The van der Waals surface area contributed by atoms with Gasteiger partial charge in [0, 0.05) is 0 Å². The minimum Gasteiger partial charge on any atom is -0.394 e. The molecule has 0 rings (SSSR count). The molecule has 0 aromatic heterocycles. The van der Waals surface area contributed by atoms with Gasteiger partial charge < -0.3 is 20.6 Å². The summed E-state index contributed by atoms with van der Waals surface area (Å²) in [6.07, 6.45) is 22.3. The number of hydrogen-bond acceptors (Lipinski definition) is 4. The second-order valence-electron chi connectivity index (χ2n) is 9.97. The van der Waals surface area contributed by atoms with Crippen LogP contribution < -0.4 is 5.32 Å². The Morgan fingerprint density at radius 2 is 0.970 bits per heavy atom. The summed E-state index contributed by atoms with van der Waals surface area (Å²) in [7, 11) is 0. The summed E-state index contributed by atoms with van der Waals surface area (Å²) in [5.74, 6) is -0.477. The van der Waals surface area contributed by atoms with Crippen LogP contribution in [0.25, 0.3) is 0 Å². The molecule has 5 heteroatoms. The fourth-order valence-corrected chi connectivity index (χ4v) is 4.36. The summed E-state index contributed by atoms with van der Waals surface area (Å²) in [5, 5.41) is 32.7. The van der Waals surface area contributed by atoms with E-state index >= 15 is 0 Å². The van der Waals surface area contributed by atoms with Gasteiger partial charge in [0.05, 0.1) is 18.8 Å². The van der Waals surface area contributed by atoms with Crippen molar-refractivity contribution in [2.24, 2.45) is 0 Å². The van der Waals surface area contributed by atoms with Crippen molar-refractivity contribution in [2.45, 2.75) is 167 Å². The summed E-state index contributed by atoms with van der Waals surface area (Å²) in [4.78, 5) is 12.2. The van der Waals surface area contributed by atoms with Crippen molar-refractivity contribution < 1.29 is 20.1 Å². The summed E-state index contributed by atoms with van der Waals surface area (Å²) in [6, 6.07) is -0.700. The first kappa shape index (κ1) is 32.4. The first-order chi connectivity index (χ1) is 16.1. The van der Waals surface area contributed by atoms with Crippen molar-refractivity contribution in [1.82, 2.24) is 5.32 Å². The molecule has 3 unspecified atom stereocenters. The van der Waals surface area contributed by atoms with Crippen LogP contribution in [0.2, 0.25) is 0 Å². The standard InChI is InChI=1S/C28H57NO4/c1-3-5-7-9-11-13-14-15-17-18-20-22-26(31)25(24-30)29-28(33)27(32)23-21-19-16-12-10-8-6-4-2/h25-27,30-32H,3-24H2,1-2H3,(H,29,33). The van der Waals surface area contributed by atoms with Crippen LogP contribution in [0.4, 0.5) is 0 Å². The minimum absolute atomic E-state index is 0.310. The van der Waals surface area contributed by atoms with Crippen LogP contribution in [0.1, 0.15) is 149 Å². The van der Waals surface area contributed by atoms with Gasteiger partial charge in [0.2, 0.25) is 5.91 Å². The summed E-state index contributed by atoms with van der Waals surface area (Å²) >= 11 is 0. The predicted molar refractivity (Wildman–Crippen MR) is 139 cm³/mol. The number of hydrogen-bond donors (Lipinski definition) is 4. The highest BCUT2D eigenvalue weighted by Gasteiger charge is 2.23. The number of aliphatic hydroxyl groups is 3. The molecule has 33 heavy (non-hydrogen) atoms. The van der Waals surface area contributed by atoms with Gasteiger partial charge in [-0.25, -0.2) is 0 Å². The molecule has 0 bridgehead atoms. The SMILES string of the molecule is CCCCCCCCCCCCCC(O)C(CO)NC(=O)C(O)CCCCCCCCCC. The molecule has 0 aliphatic rings. The second-order valence-corrected chi connectivity index (χ2v) is 9.97. The van der Waals surface area contributed by atoms with Crippen LogP contribution in [-0.2, 0) is 4.79 Å². The van der Waals surface area contributed by atoms with Crippen molar-refractivity contribution in [2.75, 3.05) is 6.61 Å². The summed E-state index contributed by atoms with van der Waals surface area (Å²) in [6.45, 7) is 4.15. The Morgan fingerprint density at radius 1 is 0.606 bits per heavy atom. The Hall–Kier alpha value is -0.650. The molecular weight excluding hydrogens is 414 g/mol. The summed E-state index contributed by atoms with van der Waals surface area (Å²) in [5.41, 5.74) is 0. The van der Waals surface area contributed by atoms with Crippen molar-refractivity contribution in [3.8, 4) is 0 Å². The fourth-order valence-electron chi connectivity index (χ4n) is 4.36. The Labute approximate surface area is 205 Å². The van der Waals surface area contributed by atoms with Gasteiger partial charge in [0.15, 0.2) is 0 Å². The third-order valence-electron chi connectivity index (χ3n) is 6.73. The maximum atomic E-state index is 12.2. The smallest absolute Gasteiger partial charge is 0.249 e. The Morgan fingerprint density at radius 3 is 1.36 bits per heavy atom. The van der Waals surface area contributed by atoms with Crippen LogP contribution in [0.3, 0.4) is 0 Å². The van der Waals surface area contributed by atoms with Crippen LogP contribution in [0, 0.1) is 0 Å². The van der Waals surface area contributed by atoms with Gasteiger partial charge in [0.25, 0.3) is 0 Å². The van der Waals surface area contributed by atoms with Crippen molar-refractivity contribution in [3.63, 3.8) is 0 Å². The highest BCUT2D eigenvalue weighted by Crippen LogP contribution is 2.14. The molecule has 0 heterocycles. The van der Waals surface area contributed by atoms with Gasteiger partial charge in [0.1, 0.15) is 6.10 Å². The first-order valence-corrected chi connectivity index (χ1v) is 14.3. The van der Waals surface area contributed by atoms with E-state index in [0.29, 0.717) is 12.8 Å². The molecule has 0 fully saturated rings. The zero-order chi connectivity index (χ0) is 24.6. The largest absolute Gasteiger partial charge is 0.394 e. The van der Waals surface area contributed by atoms with Gasteiger partial charge in [-0.05, 0) is 12.8 Å². The second kappa shape index (κ2) is 24.5. The molecular formula is C28H57NO4. The number of amides is 1. The maximum absolute atomic E-state index is 12.2. The first-order valence-electron chi connectivity index (χ1n) is 14.3. The molecule has 0 aromatic rings. The molecule has 0 saturated carbocycles. The molecule has 0 aliphatic carbocycles. The molecule has 1 amide bonds. The minimum atomic E-state index is -1.06. The molecule has 3 atom stereocenters. The van der Waals surface area contributed by atoms with E-state index in [2.05, 4.69) is 19.2 Å². The monoisotopic (exact) mass is 471 g/mol. The molecule has 0 spiro atoms. The van der Waals surface area contributed by atoms with Crippen molar-refractivity contribution in [3.05, 3.63) is 0 Å². The van der Waals surface area contributed by atoms with E-state index in [1.54, 1.807) is 0 Å². The van der Waals surface area contributed by atoms with Gasteiger partial charge in [-0.2, -0.15) is 0 Å². The van der Waals surface area contributed by atoms with Gasteiger partial charge in [-0.15, -0.1) is 0 Å². The van der Waals surface area contributed by atoms with Crippen LogP contribution in [-0.4, -0.2) is 46.1 Å². The van der Waals surface area contributed by atoms with E-state index in [0.717, 1.165) is 32.1 Å². The number of unbranched alkanes of at least 4 members (excludes halogenated alkanes) is 17. The van der Waals surface area contributed by atoms with E-state index in [4.69, 9.17) is 0 Å². The molecule has 198 valence electrons. The third-order valence-corrected chi connectivity index (χ3v) is 6.73. The molecule has 5 nitrogen and oxygen atoms in total. The number of aliphatic hydroxyl groups excluding tert-OH is 3. The van der Waals surface area contributed by atoms with Crippen molar-refractivity contribution >= 4 is 5.91 Å². The highest BCUT2D eigenvalue weighted by molar-refractivity contribution is 5.80. The average molecular weight is 472 g/mol. The molecule has 4 N–H and O–H groups in total. The molecule has 0 radical (unpaired) electrons. The molecule has 0 aliphatic heterocycles. The lowest BCUT2D eigenvalue weighted by molar-refractivity contribution is -0.131. The van der Waals surface area contributed by atoms with E-state index in [1.165, 1.54) is 89.9 Å². The van der Waals surface area contributed by atoms with Crippen LogP contribution >= 0.6 is 0 Å². The lowest BCUT2D eigenvalue weighted by Gasteiger charge is -2.23. The van der Waals surface area contributed by atoms with Crippen LogP contribution in [0.15, 0.2) is 0 Å². The van der Waals surface area contributed by atoms with Crippen LogP contribution in [0.5, 0.6) is 0 Å². The Bertz CT molecular complexity index is 419. The molecule has 0 aromatic carbocycles. The summed E-state index contributed by atoms with van der Waals surface area (Å²) < 4.78 is 0. The lowest BCUT2D eigenvalue weighted by Crippen LogP contribution is -2.49. The normalized spacial score (nSPS) is 14.2. The number of carbonyl (C=O) groups excluding carboxylic acids is 1. The number of rotatable bonds is 25. The fraction of sp³-hybridized carbons (Fsp3) is 0.964. The number of carbonyl (C=O) groups is 1. The average Bonchev–Trinajstić information content (AvgIpc) is 2.82. The predicted octanol–water partition coefficient (Wildman–Crippen LogP) is 6.42. The van der Waals surface area contributed by atoms with Gasteiger partial charge in [-0.1, -0.05) is 136 Å². The quantitative estimate of drug-likeness (QED) is 0.116. The third kappa shape index (κ3) is 20.4. The number of nitrogens with one attached hydrogen (secondary N) is 1. The highest BCUT2D eigenvalue weighted by atomic mass is 16.3. The van der Waals surface area contributed by atoms with E-state index in [1.807, 2.05) is 0 Å². The zero-order valence-electron chi connectivity index (χ0n) is 22.0.